The second kappa shape index (κ2) is 6.43. The van der Waals surface area contributed by atoms with Crippen LogP contribution in [0.25, 0.3) is 0 Å². The molecule has 0 bridgehead atoms. The Balaban J connectivity index is 2.38. The SMILES string of the molecule is CN(C)c1cccc(NS(=O)(=O)c2ccc(Cl)c([N+](=O)[O-])c2)c1. The third-order valence-electron chi connectivity index (χ3n) is 3.04. The van der Waals surface area contributed by atoms with E-state index in [0.29, 0.717) is 5.69 Å². The van der Waals surface area contributed by atoms with E-state index in [2.05, 4.69) is 4.72 Å². The van der Waals surface area contributed by atoms with Gasteiger partial charge in [-0.15, -0.1) is 0 Å². The molecular weight excluding hydrogens is 342 g/mol. The zero-order chi connectivity index (χ0) is 17.2. The first-order chi connectivity index (χ1) is 10.7. The molecule has 2 aromatic carbocycles. The topological polar surface area (TPSA) is 92.6 Å². The standard InChI is InChI=1S/C14H14ClN3O4S/c1-17(2)11-5-3-4-10(8-11)16-23(21,22)12-6-7-13(15)14(9-12)18(19)20/h3-9,16H,1-2H3. The normalized spacial score (nSPS) is 11.1. The lowest BCUT2D eigenvalue weighted by Crippen LogP contribution is -2.14. The van der Waals surface area contributed by atoms with Crippen molar-refractivity contribution in [3.8, 4) is 0 Å². The van der Waals surface area contributed by atoms with Gasteiger partial charge in [0.05, 0.1) is 15.5 Å². The van der Waals surface area contributed by atoms with E-state index in [1.54, 1.807) is 18.2 Å². The highest BCUT2D eigenvalue weighted by molar-refractivity contribution is 7.92. The lowest BCUT2D eigenvalue weighted by molar-refractivity contribution is -0.384. The predicted octanol–water partition coefficient (Wildman–Crippen LogP) is 3.12. The van der Waals surface area contributed by atoms with Crippen LogP contribution in [0, 0.1) is 10.1 Å². The van der Waals surface area contributed by atoms with Crippen molar-refractivity contribution in [1.29, 1.82) is 0 Å². The third kappa shape index (κ3) is 3.91. The quantitative estimate of drug-likeness (QED) is 0.657. The number of nitro groups is 1. The van der Waals surface area contributed by atoms with Crippen molar-refractivity contribution in [3.63, 3.8) is 0 Å². The van der Waals surface area contributed by atoms with Gasteiger partial charge in [0.1, 0.15) is 5.02 Å². The summed E-state index contributed by atoms with van der Waals surface area (Å²) in [7, 11) is -0.301. The summed E-state index contributed by atoms with van der Waals surface area (Å²) >= 11 is 5.69. The summed E-state index contributed by atoms with van der Waals surface area (Å²) in [4.78, 5) is 11.7. The van der Waals surface area contributed by atoms with Gasteiger partial charge >= 0.3 is 0 Å². The molecule has 0 aliphatic carbocycles. The number of benzene rings is 2. The van der Waals surface area contributed by atoms with Crippen molar-refractivity contribution >= 4 is 38.7 Å². The van der Waals surface area contributed by atoms with Crippen LogP contribution in [0.3, 0.4) is 0 Å². The van der Waals surface area contributed by atoms with Gasteiger partial charge in [-0.05, 0) is 30.3 Å². The molecule has 0 fully saturated rings. The van der Waals surface area contributed by atoms with Crippen molar-refractivity contribution in [2.45, 2.75) is 4.90 Å². The Morgan fingerprint density at radius 1 is 1.17 bits per heavy atom. The van der Waals surface area contributed by atoms with Crippen LogP contribution < -0.4 is 9.62 Å². The summed E-state index contributed by atoms with van der Waals surface area (Å²) in [5.41, 5.74) is 0.706. The Kier molecular flexibility index (Phi) is 4.76. The molecule has 7 nitrogen and oxygen atoms in total. The molecule has 0 unspecified atom stereocenters. The number of halogens is 1. The molecule has 0 aliphatic rings. The van der Waals surface area contributed by atoms with Crippen molar-refractivity contribution in [3.05, 3.63) is 57.6 Å². The van der Waals surface area contributed by atoms with E-state index in [9.17, 15) is 18.5 Å². The molecule has 1 N–H and O–H groups in total. The Morgan fingerprint density at radius 3 is 2.48 bits per heavy atom. The maximum absolute atomic E-state index is 12.4. The van der Waals surface area contributed by atoms with Gasteiger partial charge in [0, 0.05) is 25.8 Å². The number of sulfonamides is 1. The molecular formula is C14H14ClN3O4S. The zero-order valence-electron chi connectivity index (χ0n) is 12.4. The number of nitro benzene ring substituents is 1. The smallest absolute Gasteiger partial charge is 0.289 e. The van der Waals surface area contributed by atoms with Gasteiger partial charge in [-0.3, -0.25) is 14.8 Å². The molecule has 0 amide bonds. The van der Waals surface area contributed by atoms with Crippen molar-refractivity contribution < 1.29 is 13.3 Å². The summed E-state index contributed by atoms with van der Waals surface area (Å²) in [5, 5.41) is 10.8. The summed E-state index contributed by atoms with van der Waals surface area (Å²) in [6, 6.07) is 10.1. The van der Waals surface area contributed by atoms with Crippen LogP contribution in [0.15, 0.2) is 47.4 Å². The fourth-order valence-corrected chi connectivity index (χ4v) is 3.12. The minimum atomic E-state index is -3.96. The molecule has 23 heavy (non-hydrogen) atoms. The minimum absolute atomic E-state index is 0.122. The number of nitrogens with one attached hydrogen (secondary N) is 1. The van der Waals surface area contributed by atoms with Crippen molar-refractivity contribution in [2.24, 2.45) is 0 Å². The first-order valence-electron chi connectivity index (χ1n) is 6.45. The molecule has 2 aromatic rings. The number of rotatable bonds is 5. The van der Waals surface area contributed by atoms with Crippen molar-refractivity contribution in [2.75, 3.05) is 23.7 Å². The molecule has 9 heteroatoms. The average Bonchev–Trinajstić information content (AvgIpc) is 2.46. The molecule has 0 aliphatic heterocycles. The van der Waals surface area contributed by atoms with E-state index in [1.807, 2.05) is 25.1 Å². The molecule has 0 saturated heterocycles. The van der Waals surface area contributed by atoms with Crippen LogP contribution in [0.4, 0.5) is 17.1 Å². The van der Waals surface area contributed by atoms with E-state index in [-0.39, 0.29) is 9.92 Å². The number of nitrogens with zero attached hydrogens (tertiary/aromatic N) is 2. The highest BCUT2D eigenvalue weighted by Gasteiger charge is 2.20. The second-order valence-electron chi connectivity index (χ2n) is 4.92. The Hall–Kier alpha value is -2.32. The molecule has 0 atom stereocenters. The van der Waals surface area contributed by atoms with Crippen molar-refractivity contribution in [1.82, 2.24) is 0 Å². The third-order valence-corrected chi connectivity index (χ3v) is 4.74. The summed E-state index contributed by atoms with van der Waals surface area (Å²) < 4.78 is 27.2. The maximum atomic E-state index is 12.4. The Bertz CT molecular complexity index is 853. The molecule has 0 heterocycles. The van der Waals surface area contributed by atoms with E-state index in [0.717, 1.165) is 11.8 Å². The van der Waals surface area contributed by atoms with E-state index < -0.39 is 20.6 Å². The Labute approximate surface area is 138 Å². The molecule has 0 aromatic heterocycles. The average molecular weight is 356 g/mol. The largest absolute Gasteiger partial charge is 0.378 e. The maximum Gasteiger partial charge on any atom is 0.289 e. The molecule has 0 spiro atoms. The van der Waals surface area contributed by atoms with Crippen LogP contribution in [0.5, 0.6) is 0 Å². The van der Waals surface area contributed by atoms with Crippen LogP contribution in [-0.2, 0) is 10.0 Å². The first kappa shape index (κ1) is 17.0. The predicted molar refractivity (Wildman–Crippen MR) is 89.7 cm³/mol. The van der Waals surface area contributed by atoms with Crippen LogP contribution in [-0.4, -0.2) is 27.4 Å². The van der Waals surface area contributed by atoms with Gasteiger partial charge < -0.3 is 4.90 Å². The first-order valence-corrected chi connectivity index (χ1v) is 8.31. The van der Waals surface area contributed by atoms with Crippen LogP contribution in [0.1, 0.15) is 0 Å². The molecule has 0 radical (unpaired) electrons. The highest BCUT2D eigenvalue weighted by atomic mass is 35.5. The second-order valence-corrected chi connectivity index (χ2v) is 7.01. The molecule has 0 saturated carbocycles. The van der Waals surface area contributed by atoms with Crippen LogP contribution in [0.2, 0.25) is 5.02 Å². The van der Waals surface area contributed by atoms with Crippen LogP contribution >= 0.6 is 11.6 Å². The fourth-order valence-electron chi connectivity index (χ4n) is 1.86. The lowest BCUT2D eigenvalue weighted by Gasteiger charge is -2.14. The minimum Gasteiger partial charge on any atom is -0.378 e. The highest BCUT2D eigenvalue weighted by Crippen LogP contribution is 2.28. The van der Waals surface area contributed by atoms with Gasteiger partial charge in [0.15, 0.2) is 0 Å². The molecule has 2 rings (SSSR count). The number of hydrogen-bond donors (Lipinski definition) is 1. The van der Waals surface area contributed by atoms with E-state index in [4.69, 9.17) is 11.6 Å². The monoisotopic (exact) mass is 355 g/mol. The van der Waals surface area contributed by atoms with E-state index in [1.165, 1.54) is 12.1 Å². The van der Waals surface area contributed by atoms with E-state index >= 15 is 0 Å². The van der Waals surface area contributed by atoms with Gasteiger partial charge in [0.2, 0.25) is 0 Å². The number of hydrogen-bond acceptors (Lipinski definition) is 5. The van der Waals surface area contributed by atoms with Gasteiger partial charge in [-0.2, -0.15) is 0 Å². The van der Waals surface area contributed by atoms with Gasteiger partial charge in [-0.1, -0.05) is 17.7 Å². The summed E-state index contributed by atoms with van der Waals surface area (Å²) in [5.74, 6) is 0. The molecule has 122 valence electrons. The zero-order valence-corrected chi connectivity index (χ0v) is 13.9. The Morgan fingerprint density at radius 2 is 1.87 bits per heavy atom. The number of anilines is 2. The van der Waals surface area contributed by atoms with Gasteiger partial charge in [0.25, 0.3) is 15.7 Å². The fraction of sp³-hybridized carbons (Fsp3) is 0.143. The lowest BCUT2D eigenvalue weighted by atomic mass is 10.3. The van der Waals surface area contributed by atoms with Gasteiger partial charge in [-0.25, -0.2) is 8.42 Å². The summed E-state index contributed by atoms with van der Waals surface area (Å²) in [6.07, 6.45) is 0. The summed E-state index contributed by atoms with van der Waals surface area (Å²) in [6.45, 7) is 0.